The second kappa shape index (κ2) is 4.25. The molecule has 0 aliphatic heterocycles. The number of aromatic nitrogens is 2. The van der Waals surface area contributed by atoms with Gasteiger partial charge in [-0.25, -0.2) is 9.37 Å². The molecule has 0 fully saturated rings. The van der Waals surface area contributed by atoms with Gasteiger partial charge < -0.3 is 5.32 Å². The number of fused-ring (bicyclic) bond motifs is 1. The second-order valence-corrected chi connectivity index (χ2v) is 4.33. The van der Waals surface area contributed by atoms with E-state index < -0.39 is 0 Å². The minimum atomic E-state index is -0.330. The summed E-state index contributed by atoms with van der Waals surface area (Å²) in [5.74, 6) is 0.0368. The quantitative estimate of drug-likeness (QED) is 0.852. The van der Waals surface area contributed by atoms with Gasteiger partial charge in [0.1, 0.15) is 5.82 Å². The molecule has 3 rings (SSSR count). The van der Waals surface area contributed by atoms with E-state index in [0.29, 0.717) is 11.6 Å². The predicted molar refractivity (Wildman–Crippen MR) is 66.6 cm³/mol. The highest BCUT2D eigenvalue weighted by Crippen LogP contribution is 2.19. The second-order valence-electron chi connectivity index (χ2n) is 4.33. The summed E-state index contributed by atoms with van der Waals surface area (Å²) in [6.45, 7) is 0. The Labute approximate surface area is 103 Å². The third-order valence-corrected chi connectivity index (χ3v) is 3.03. The van der Waals surface area contributed by atoms with Crippen molar-refractivity contribution in [2.75, 3.05) is 5.32 Å². The van der Waals surface area contributed by atoms with Crippen molar-refractivity contribution in [3.05, 3.63) is 51.7 Å². The number of nitrogens with zero attached hydrogens (tertiary/aromatic N) is 1. The Morgan fingerprint density at radius 3 is 3.06 bits per heavy atom. The highest BCUT2D eigenvalue weighted by atomic mass is 19.1. The number of hydrogen-bond acceptors (Lipinski definition) is 3. The van der Waals surface area contributed by atoms with Crippen LogP contribution in [0, 0.1) is 5.82 Å². The first-order valence-electron chi connectivity index (χ1n) is 5.87. The monoisotopic (exact) mass is 245 g/mol. The zero-order valence-corrected chi connectivity index (χ0v) is 9.66. The maximum Gasteiger partial charge on any atom is 0.255 e. The van der Waals surface area contributed by atoms with Gasteiger partial charge in [0, 0.05) is 11.3 Å². The minimum Gasteiger partial charge on any atom is -0.326 e. The van der Waals surface area contributed by atoms with Gasteiger partial charge in [-0.2, -0.15) is 0 Å². The smallest absolute Gasteiger partial charge is 0.255 e. The molecule has 2 N–H and O–H groups in total. The third-order valence-electron chi connectivity index (χ3n) is 3.03. The molecule has 1 aliphatic carbocycles. The molecule has 2 aromatic rings. The molecule has 0 bridgehead atoms. The Morgan fingerprint density at radius 1 is 1.33 bits per heavy atom. The summed E-state index contributed by atoms with van der Waals surface area (Å²) in [6, 6.07) is 6.04. The third kappa shape index (κ3) is 1.99. The molecule has 18 heavy (non-hydrogen) atoms. The molecule has 0 spiro atoms. The fraction of sp³-hybridized carbons (Fsp3) is 0.231. The lowest BCUT2D eigenvalue weighted by Crippen LogP contribution is -2.16. The molecule has 1 aromatic heterocycles. The van der Waals surface area contributed by atoms with Gasteiger partial charge in [0.05, 0.1) is 5.69 Å². The van der Waals surface area contributed by atoms with E-state index in [0.717, 1.165) is 30.5 Å². The van der Waals surface area contributed by atoms with E-state index in [-0.39, 0.29) is 11.4 Å². The van der Waals surface area contributed by atoms with Crippen LogP contribution in [-0.2, 0) is 12.8 Å². The number of benzene rings is 1. The fourth-order valence-corrected chi connectivity index (χ4v) is 2.20. The van der Waals surface area contributed by atoms with Gasteiger partial charge in [-0.05, 0) is 37.5 Å². The molecule has 92 valence electrons. The van der Waals surface area contributed by atoms with Crippen LogP contribution in [-0.4, -0.2) is 9.97 Å². The van der Waals surface area contributed by atoms with Gasteiger partial charge in [0.15, 0.2) is 0 Å². The lowest BCUT2D eigenvalue weighted by Gasteiger charge is -2.06. The number of hydrogen-bond donors (Lipinski definition) is 2. The van der Waals surface area contributed by atoms with E-state index in [1.54, 1.807) is 12.1 Å². The van der Waals surface area contributed by atoms with Crippen LogP contribution in [0.15, 0.2) is 29.1 Å². The Balaban J connectivity index is 1.94. The molecule has 5 heteroatoms. The first-order valence-corrected chi connectivity index (χ1v) is 5.87. The molecule has 0 radical (unpaired) electrons. The summed E-state index contributed by atoms with van der Waals surface area (Å²) < 4.78 is 13.0. The van der Waals surface area contributed by atoms with Crippen molar-refractivity contribution < 1.29 is 4.39 Å². The van der Waals surface area contributed by atoms with Crippen LogP contribution in [0.3, 0.4) is 0 Å². The standard InChI is InChI=1S/C13H12FN3O/c14-8-3-1-4-9(7-8)15-13-16-11-6-2-5-10(11)12(18)17-13/h1,3-4,7H,2,5-6H2,(H2,15,16,17,18). The van der Waals surface area contributed by atoms with Crippen molar-refractivity contribution in [3.8, 4) is 0 Å². The minimum absolute atomic E-state index is 0.101. The van der Waals surface area contributed by atoms with Crippen LogP contribution >= 0.6 is 0 Å². The molecule has 0 unspecified atom stereocenters. The predicted octanol–water partition coefficient (Wildman–Crippen LogP) is 2.14. The summed E-state index contributed by atoms with van der Waals surface area (Å²) in [6.07, 6.45) is 2.59. The highest BCUT2D eigenvalue weighted by molar-refractivity contribution is 5.53. The van der Waals surface area contributed by atoms with E-state index in [4.69, 9.17) is 0 Å². The number of aromatic amines is 1. The normalized spacial score (nSPS) is 13.4. The summed E-state index contributed by atoms with van der Waals surface area (Å²) in [5, 5.41) is 2.91. The average Bonchev–Trinajstić information content (AvgIpc) is 2.77. The van der Waals surface area contributed by atoms with E-state index >= 15 is 0 Å². The number of rotatable bonds is 2. The first-order chi connectivity index (χ1) is 8.72. The summed E-state index contributed by atoms with van der Waals surface area (Å²) in [7, 11) is 0. The van der Waals surface area contributed by atoms with Gasteiger partial charge >= 0.3 is 0 Å². The topological polar surface area (TPSA) is 57.8 Å². The summed E-state index contributed by atoms with van der Waals surface area (Å²) in [4.78, 5) is 18.8. The van der Waals surface area contributed by atoms with Gasteiger partial charge in [-0.15, -0.1) is 0 Å². The average molecular weight is 245 g/mol. The van der Waals surface area contributed by atoms with Crippen molar-refractivity contribution in [2.24, 2.45) is 0 Å². The number of nitrogens with one attached hydrogen (secondary N) is 2. The molecule has 1 heterocycles. The molecule has 4 nitrogen and oxygen atoms in total. The van der Waals surface area contributed by atoms with E-state index in [9.17, 15) is 9.18 Å². The van der Waals surface area contributed by atoms with Crippen molar-refractivity contribution in [3.63, 3.8) is 0 Å². The van der Waals surface area contributed by atoms with Crippen LogP contribution < -0.4 is 10.9 Å². The Kier molecular flexibility index (Phi) is 2.59. The van der Waals surface area contributed by atoms with Gasteiger partial charge in [-0.3, -0.25) is 9.78 Å². The van der Waals surface area contributed by atoms with Crippen LogP contribution in [0.2, 0.25) is 0 Å². The molecule has 0 saturated heterocycles. The van der Waals surface area contributed by atoms with Crippen molar-refractivity contribution in [2.45, 2.75) is 19.3 Å². The fourth-order valence-electron chi connectivity index (χ4n) is 2.20. The van der Waals surface area contributed by atoms with Crippen LogP contribution in [0.25, 0.3) is 0 Å². The zero-order valence-electron chi connectivity index (χ0n) is 9.66. The van der Waals surface area contributed by atoms with Crippen LogP contribution in [0.4, 0.5) is 16.0 Å². The number of aryl methyl sites for hydroxylation is 1. The van der Waals surface area contributed by atoms with Gasteiger partial charge in [0.2, 0.25) is 5.95 Å². The van der Waals surface area contributed by atoms with E-state index in [2.05, 4.69) is 15.3 Å². The van der Waals surface area contributed by atoms with E-state index in [1.165, 1.54) is 12.1 Å². The van der Waals surface area contributed by atoms with E-state index in [1.807, 2.05) is 0 Å². The Hall–Kier alpha value is -2.17. The molecule has 0 atom stereocenters. The first kappa shape index (κ1) is 11.0. The van der Waals surface area contributed by atoms with Gasteiger partial charge in [-0.1, -0.05) is 6.07 Å². The summed E-state index contributed by atoms with van der Waals surface area (Å²) in [5.41, 5.74) is 2.09. The highest BCUT2D eigenvalue weighted by Gasteiger charge is 2.16. The van der Waals surface area contributed by atoms with Crippen LogP contribution in [0.1, 0.15) is 17.7 Å². The van der Waals surface area contributed by atoms with Gasteiger partial charge in [0.25, 0.3) is 5.56 Å². The number of anilines is 2. The molecule has 0 saturated carbocycles. The Bertz CT molecular complexity index is 651. The molecular weight excluding hydrogens is 233 g/mol. The largest absolute Gasteiger partial charge is 0.326 e. The Morgan fingerprint density at radius 2 is 2.22 bits per heavy atom. The number of H-pyrrole nitrogens is 1. The molecular formula is C13H12FN3O. The van der Waals surface area contributed by atoms with Crippen molar-refractivity contribution in [1.82, 2.24) is 9.97 Å². The van der Waals surface area contributed by atoms with Crippen molar-refractivity contribution >= 4 is 11.6 Å². The molecule has 1 aliphatic rings. The SMILES string of the molecule is O=c1[nH]c(Nc2cccc(F)c2)nc2c1CCC2. The molecule has 0 amide bonds. The maximum atomic E-state index is 13.0. The van der Waals surface area contributed by atoms with Crippen molar-refractivity contribution in [1.29, 1.82) is 0 Å². The summed E-state index contributed by atoms with van der Waals surface area (Å²) >= 11 is 0. The lowest BCUT2D eigenvalue weighted by atomic mass is 10.2. The number of halogens is 1. The molecule has 1 aromatic carbocycles. The maximum absolute atomic E-state index is 13.0. The lowest BCUT2D eigenvalue weighted by molar-refractivity contribution is 0.628. The zero-order chi connectivity index (χ0) is 12.5. The van der Waals surface area contributed by atoms with Crippen LogP contribution in [0.5, 0.6) is 0 Å².